The Morgan fingerprint density at radius 1 is 1.32 bits per heavy atom. The van der Waals surface area contributed by atoms with Crippen LogP contribution in [-0.2, 0) is 0 Å². The van der Waals surface area contributed by atoms with Crippen LogP contribution in [0.2, 0.25) is 0 Å². The molecule has 1 fully saturated rings. The lowest BCUT2D eigenvalue weighted by Crippen LogP contribution is -2.20. The van der Waals surface area contributed by atoms with E-state index in [1.165, 1.54) is 24.3 Å². The molecule has 0 spiro atoms. The Balaban J connectivity index is 1.77. The van der Waals surface area contributed by atoms with E-state index < -0.39 is 0 Å². The van der Waals surface area contributed by atoms with Gasteiger partial charge in [-0.05, 0) is 41.7 Å². The van der Waals surface area contributed by atoms with Crippen LogP contribution in [0.1, 0.15) is 12.8 Å². The van der Waals surface area contributed by atoms with Gasteiger partial charge in [-0.1, -0.05) is 0 Å². The first-order valence-corrected chi connectivity index (χ1v) is 8.43. The highest BCUT2D eigenvalue weighted by molar-refractivity contribution is 7.99. The number of nitrogens with two attached hydrogens (primary N) is 1. The number of nitrogen functional groups attached to an aromatic ring is 1. The number of hydrazine groups is 1. The van der Waals surface area contributed by atoms with E-state index >= 15 is 0 Å². The van der Waals surface area contributed by atoms with Crippen molar-refractivity contribution in [1.82, 2.24) is 9.97 Å². The largest absolute Gasteiger partial charge is 0.368 e. The Labute approximate surface area is 120 Å². The first-order chi connectivity index (χ1) is 9.36. The highest BCUT2D eigenvalue weighted by Gasteiger charge is 2.15. The van der Waals surface area contributed by atoms with E-state index in [2.05, 4.69) is 32.5 Å². The summed E-state index contributed by atoms with van der Waals surface area (Å²) in [6, 6.07) is 1.99. The third kappa shape index (κ3) is 2.93. The molecule has 0 saturated carbocycles. The third-order valence-corrected chi connectivity index (χ3v) is 5.29. The maximum absolute atomic E-state index is 5.42. The van der Waals surface area contributed by atoms with Crippen LogP contribution < -0.4 is 16.6 Å². The molecule has 3 heterocycles. The third-order valence-electron chi connectivity index (χ3n) is 3.33. The van der Waals surface area contributed by atoms with Gasteiger partial charge in [0.05, 0.1) is 10.2 Å². The van der Waals surface area contributed by atoms with Gasteiger partial charge in [0, 0.05) is 6.54 Å². The fraction of sp³-hybridized carbons (Fsp3) is 0.500. The topological polar surface area (TPSA) is 75.9 Å². The molecule has 0 aromatic carbocycles. The first-order valence-electron chi connectivity index (χ1n) is 6.40. The van der Waals surface area contributed by atoms with Gasteiger partial charge in [0.25, 0.3) is 0 Å². The molecule has 0 bridgehead atoms. The van der Waals surface area contributed by atoms with Crippen LogP contribution in [0.4, 0.5) is 11.8 Å². The molecule has 19 heavy (non-hydrogen) atoms. The number of nitrogens with zero attached hydrogens (tertiary/aromatic N) is 2. The summed E-state index contributed by atoms with van der Waals surface area (Å²) in [4.78, 5) is 8.75. The molecular formula is C12H17N5S2. The zero-order valence-corrected chi connectivity index (χ0v) is 12.2. The molecule has 1 aliphatic heterocycles. The van der Waals surface area contributed by atoms with Gasteiger partial charge in [0.1, 0.15) is 5.82 Å². The van der Waals surface area contributed by atoms with Gasteiger partial charge in [-0.3, -0.25) is 5.43 Å². The lowest BCUT2D eigenvalue weighted by Gasteiger charge is -2.21. The highest BCUT2D eigenvalue weighted by Crippen LogP contribution is 2.28. The normalized spacial score (nSPS) is 16.7. The highest BCUT2D eigenvalue weighted by atomic mass is 32.2. The Bertz CT molecular complexity index is 550. The summed E-state index contributed by atoms with van der Waals surface area (Å²) in [7, 11) is 0. The first kappa shape index (κ1) is 13.0. The van der Waals surface area contributed by atoms with Crippen molar-refractivity contribution in [3.05, 3.63) is 11.4 Å². The molecule has 0 amide bonds. The van der Waals surface area contributed by atoms with Crippen molar-refractivity contribution in [1.29, 1.82) is 0 Å². The minimum absolute atomic E-state index is 0.465. The molecule has 3 rings (SSSR count). The van der Waals surface area contributed by atoms with E-state index in [0.717, 1.165) is 28.5 Å². The van der Waals surface area contributed by atoms with E-state index in [-0.39, 0.29) is 0 Å². The van der Waals surface area contributed by atoms with Gasteiger partial charge in [0.15, 0.2) is 0 Å². The van der Waals surface area contributed by atoms with Crippen LogP contribution in [0.15, 0.2) is 11.4 Å². The van der Waals surface area contributed by atoms with E-state index in [0.29, 0.717) is 5.95 Å². The van der Waals surface area contributed by atoms with Gasteiger partial charge in [-0.25, -0.2) is 10.8 Å². The van der Waals surface area contributed by atoms with Crippen LogP contribution in [-0.4, -0.2) is 28.0 Å². The summed E-state index contributed by atoms with van der Waals surface area (Å²) >= 11 is 3.71. The van der Waals surface area contributed by atoms with Gasteiger partial charge >= 0.3 is 0 Å². The average Bonchev–Trinajstić information content (AvgIpc) is 2.94. The molecule has 102 valence electrons. The average molecular weight is 295 g/mol. The SMILES string of the molecule is NNc1nc(NCC2CCSCC2)c2sccc2n1. The van der Waals surface area contributed by atoms with Crippen molar-refractivity contribution >= 4 is 45.1 Å². The van der Waals surface area contributed by atoms with E-state index in [1.54, 1.807) is 11.3 Å². The smallest absolute Gasteiger partial charge is 0.239 e. The quantitative estimate of drug-likeness (QED) is 0.594. The molecule has 0 radical (unpaired) electrons. The summed E-state index contributed by atoms with van der Waals surface area (Å²) in [5.41, 5.74) is 3.47. The summed E-state index contributed by atoms with van der Waals surface area (Å²) in [6.07, 6.45) is 2.58. The minimum Gasteiger partial charge on any atom is -0.368 e. The van der Waals surface area contributed by atoms with Crippen LogP contribution in [0.5, 0.6) is 0 Å². The summed E-state index contributed by atoms with van der Waals surface area (Å²) < 4.78 is 1.10. The maximum Gasteiger partial charge on any atom is 0.239 e. The number of thiophene rings is 1. The molecule has 4 N–H and O–H groups in total. The van der Waals surface area contributed by atoms with Crippen molar-refractivity contribution in [2.75, 3.05) is 28.8 Å². The number of thioether (sulfide) groups is 1. The number of rotatable bonds is 4. The Kier molecular flexibility index (Phi) is 4.05. The van der Waals surface area contributed by atoms with Crippen LogP contribution >= 0.6 is 23.1 Å². The summed E-state index contributed by atoms with van der Waals surface area (Å²) in [5.74, 6) is 10.1. The summed E-state index contributed by atoms with van der Waals surface area (Å²) in [5, 5.41) is 5.50. The zero-order valence-electron chi connectivity index (χ0n) is 10.6. The van der Waals surface area contributed by atoms with Crippen LogP contribution in [0.3, 0.4) is 0 Å². The minimum atomic E-state index is 0.465. The molecule has 0 aliphatic carbocycles. The number of anilines is 2. The number of hydrogen-bond donors (Lipinski definition) is 3. The number of aromatic nitrogens is 2. The Hall–Kier alpha value is -1.05. The molecule has 2 aromatic rings. The molecule has 0 atom stereocenters. The van der Waals surface area contributed by atoms with Gasteiger partial charge in [0.2, 0.25) is 5.95 Å². The fourth-order valence-corrected chi connectivity index (χ4v) is 4.24. The molecular weight excluding hydrogens is 278 g/mol. The predicted molar refractivity (Wildman–Crippen MR) is 83.8 cm³/mol. The van der Waals surface area contributed by atoms with E-state index in [4.69, 9.17) is 5.84 Å². The zero-order chi connectivity index (χ0) is 13.1. The predicted octanol–water partition coefficient (Wildman–Crippen LogP) is 2.53. The number of fused-ring (bicyclic) bond motifs is 1. The van der Waals surface area contributed by atoms with Gasteiger partial charge in [-0.2, -0.15) is 16.7 Å². The lowest BCUT2D eigenvalue weighted by atomic mass is 10.0. The Morgan fingerprint density at radius 3 is 2.95 bits per heavy atom. The van der Waals surface area contributed by atoms with Crippen LogP contribution in [0, 0.1) is 5.92 Å². The maximum atomic E-state index is 5.42. The number of nitrogens with one attached hydrogen (secondary N) is 2. The molecule has 2 aromatic heterocycles. The Morgan fingerprint density at radius 2 is 2.16 bits per heavy atom. The fourth-order valence-electron chi connectivity index (χ4n) is 2.24. The van der Waals surface area contributed by atoms with E-state index in [9.17, 15) is 0 Å². The molecule has 1 aliphatic rings. The second-order valence-corrected chi connectivity index (χ2v) is 6.75. The standard InChI is InChI=1S/C12H17N5S2/c13-17-12-15-9-3-6-19-10(9)11(16-12)14-7-8-1-4-18-5-2-8/h3,6,8H,1-2,4-5,7,13H2,(H2,14,15,16,17). The second-order valence-electron chi connectivity index (χ2n) is 4.61. The van der Waals surface area contributed by atoms with Gasteiger partial charge < -0.3 is 5.32 Å². The van der Waals surface area contributed by atoms with Crippen molar-refractivity contribution in [3.8, 4) is 0 Å². The van der Waals surface area contributed by atoms with Crippen molar-refractivity contribution < 1.29 is 0 Å². The molecule has 7 heteroatoms. The molecule has 1 saturated heterocycles. The number of hydrogen-bond acceptors (Lipinski definition) is 7. The van der Waals surface area contributed by atoms with Crippen LogP contribution in [0.25, 0.3) is 10.2 Å². The van der Waals surface area contributed by atoms with Crippen molar-refractivity contribution in [3.63, 3.8) is 0 Å². The van der Waals surface area contributed by atoms with Gasteiger partial charge in [-0.15, -0.1) is 11.3 Å². The molecule has 0 unspecified atom stereocenters. The van der Waals surface area contributed by atoms with E-state index in [1.807, 2.05) is 11.4 Å². The van der Waals surface area contributed by atoms with Crippen molar-refractivity contribution in [2.45, 2.75) is 12.8 Å². The summed E-state index contributed by atoms with van der Waals surface area (Å²) in [6.45, 7) is 0.981. The second kappa shape index (κ2) is 5.94. The monoisotopic (exact) mass is 295 g/mol. The lowest BCUT2D eigenvalue weighted by molar-refractivity contribution is 0.516. The van der Waals surface area contributed by atoms with Crippen molar-refractivity contribution in [2.24, 2.45) is 11.8 Å². The molecule has 5 nitrogen and oxygen atoms in total.